The van der Waals surface area contributed by atoms with Crippen LogP contribution in [0.2, 0.25) is 0 Å². The van der Waals surface area contributed by atoms with Crippen LogP contribution in [0, 0.1) is 0 Å². The number of anilines is 3. The van der Waals surface area contributed by atoms with Crippen molar-refractivity contribution in [2.24, 2.45) is 0 Å². The maximum absolute atomic E-state index is 12.5. The summed E-state index contributed by atoms with van der Waals surface area (Å²) in [5.74, 6) is -0.169. The molecular formula is C22H20N4O3. The molecule has 1 amide bonds. The summed E-state index contributed by atoms with van der Waals surface area (Å²) in [6.45, 7) is 2.14. The van der Waals surface area contributed by atoms with Crippen molar-refractivity contribution in [2.45, 2.75) is 19.4 Å². The fourth-order valence-electron chi connectivity index (χ4n) is 3.51. The fraction of sp³-hybridized carbons (Fsp3) is 0.182. The van der Waals surface area contributed by atoms with Crippen molar-refractivity contribution in [3.63, 3.8) is 0 Å². The van der Waals surface area contributed by atoms with E-state index in [0.29, 0.717) is 17.1 Å². The van der Waals surface area contributed by atoms with Gasteiger partial charge in [-0.3, -0.25) is 4.79 Å². The number of fused-ring (bicyclic) bond motifs is 1. The van der Waals surface area contributed by atoms with Gasteiger partial charge in [-0.05, 0) is 43.2 Å². The molecule has 1 atom stereocenters. The third-order valence-corrected chi connectivity index (χ3v) is 4.87. The minimum absolute atomic E-state index is 0.192. The number of hydrogen-bond acceptors (Lipinski definition) is 6. The monoisotopic (exact) mass is 388 g/mol. The second-order valence-corrected chi connectivity index (χ2v) is 6.84. The Morgan fingerprint density at radius 2 is 1.93 bits per heavy atom. The quantitative estimate of drug-likeness (QED) is 0.688. The van der Waals surface area contributed by atoms with Crippen molar-refractivity contribution in [3.8, 4) is 0 Å². The highest BCUT2D eigenvalue weighted by Crippen LogP contribution is 2.36. The van der Waals surface area contributed by atoms with Crippen molar-refractivity contribution in [1.82, 2.24) is 9.97 Å². The first-order chi connectivity index (χ1) is 14.1. The first kappa shape index (κ1) is 18.6. The lowest BCUT2D eigenvalue weighted by atomic mass is 10.1. The number of nitrogens with zero attached hydrogens (tertiary/aromatic N) is 3. The summed E-state index contributed by atoms with van der Waals surface area (Å²) in [5.41, 5.74) is 3.41. The Morgan fingerprint density at radius 3 is 2.69 bits per heavy atom. The van der Waals surface area contributed by atoms with Gasteiger partial charge in [0.15, 0.2) is 5.82 Å². The zero-order chi connectivity index (χ0) is 20.4. The van der Waals surface area contributed by atoms with E-state index in [1.807, 2.05) is 12.1 Å². The molecule has 0 spiro atoms. The molecule has 7 heteroatoms. The van der Waals surface area contributed by atoms with Crippen molar-refractivity contribution in [3.05, 3.63) is 77.7 Å². The van der Waals surface area contributed by atoms with Crippen LogP contribution >= 0.6 is 0 Å². The average molecular weight is 388 g/mol. The van der Waals surface area contributed by atoms with E-state index in [9.17, 15) is 9.59 Å². The lowest BCUT2D eigenvalue weighted by molar-refractivity contribution is 0.0600. The molecule has 1 unspecified atom stereocenters. The fourth-order valence-corrected chi connectivity index (χ4v) is 3.51. The minimum Gasteiger partial charge on any atom is -0.465 e. The molecule has 0 bridgehead atoms. The van der Waals surface area contributed by atoms with Gasteiger partial charge in [-0.25, -0.2) is 14.8 Å². The first-order valence-corrected chi connectivity index (χ1v) is 9.25. The molecule has 0 radical (unpaired) electrons. The van der Waals surface area contributed by atoms with Gasteiger partial charge >= 0.3 is 5.97 Å². The SMILES string of the molecule is COC(=O)c1cccc(NC(=O)c2cnc(N3c4ccccc4CC3C)cn2)c1. The molecule has 0 fully saturated rings. The first-order valence-electron chi connectivity index (χ1n) is 9.25. The number of carbonyl (C=O) groups is 2. The zero-order valence-electron chi connectivity index (χ0n) is 16.1. The normalized spacial score (nSPS) is 15.0. The van der Waals surface area contributed by atoms with Crippen LogP contribution in [0.4, 0.5) is 17.2 Å². The molecule has 7 nitrogen and oxygen atoms in total. The molecule has 2 aromatic carbocycles. The number of amides is 1. The van der Waals surface area contributed by atoms with E-state index in [-0.39, 0.29) is 11.7 Å². The average Bonchev–Trinajstić information content (AvgIpc) is 3.09. The predicted octanol–water partition coefficient (Wildman–Crippen LogP) is 3.60. The highest BCUT2D eigenvalue weighted by molar-refractivity contribution is 6.03. The standard InChI is InChI=1S/C22H20N4O3/c1-14-10-15-6-3-4-9-19(15)26(14)20-13-23-18(12-24-20)21(27)25-17-8-5-7-16(11-17)22(28)29-2/h3-9,11-14H,10H2,1-2H3,(H,25,27). The molecule has 146 valence electrons. The Hall–Kier alpha value is -3.74. The summed E-state index contributed by atoms with van der Waals surface area (Å²) in [7, 11) is 1.31. The number of para-hydroxylation sites is 1. The maximum Gasteiger partial charge on any atom is 0.337 e. The van der Waals surface area contributed by atoms with Gasteiger partial charge in [-0.1, -0.05) is 24.3 Å². The Morgan fingerprint density at radius 1 is 1.10 bits per heavy atom. The number of aromatic nitrogens is 2. The van der Waals surface area contributed by atoms with Crippen LogP contribution in [0.1, 0.15) is 33.3 Å². The number of rotatable bonds is 4. The molecule has 0 saturated heterocycles. The van der Waals surface area contributed by atoms with E-state index in [2.05, 4.69) is 39.2 Å². The Kier molecular flexibility index (Phi) is 4.95. The van der Waals surface area contributed by atoms with Crippen LogP contribution in [0.25, 0.3) is 0 Å². The number of methoxy groups -OCH3 is 1. The van der Waals surface area contributed by atoms with E-state index in [1.54, 1.807) is 30.5 Å². The van der Waals surface area contributed by atoms with Crippen LogP contribution in [-0.2, 0) is 11.2 Å². The Labute approximate surface area is 168 Å². The zero-order valence-corrected chi connectivity index (χ0v) is 16.1. The summed E-state index contributed by atoms with van der Waals surface area (Å²) in [6, 6.07) is 15.0. The lowest BCUT2D eigenvalue weighted by Crippen LogP contribution is -2.25. The second-order valence-electron chi connectivity index (χ2n) is 6.84. The van der Waals surface area contributed by atoms with Gasteiger partial charge in [0.05, 0.1) is 25.1 Å². The smallest absolute Gasteiger partial charge is 0.337 e. The molecule has 2 heterocycles. The number of esters is 1. The number of benzene rings is 2. The number of nitrogens with one attached hydrogen (secondary N) is 1. The lowest BCUT2D eigenvalue weighted by Gasteiger charge is -2.23. The van der Waals surface area contributed by atoms with Crippen molar-refractivity contribution < 1.29 is 14.3 Å². The number of carbonyl (C=O) groups excluding carboxylic acids is 2. The molecule has 1 aromatic heterocycles. The molecule has 29 heavy (non-hydrogen) atoms. The molecule has 0 aliphatic carbocycles. The number of hydrogen-bond donors (Lipinski definition) is 1. The minimum atomic E-state index is -0.467. The van der Waals surface area contributed by atoms with Crippen LogP contribution < -0.4 is 10.2 Å². The van der Waals surface area contributed by atoms with Crippen molar-refractivity contribution in [2.75, 3.05) is 17.3 Å². The molecular weight excluding hydrogens is 368 g/mol. The highest BCUT2D eigenvalue weighted by Gasteiger charge is 2.28. The molecule has 1 N–H and O–H groups in total. The van der Waals surface area contributed by atoms with E-state index in [4.69, 9.17) is 4.74 Å². The van der Waals surface area contributed by atoms with Gasteiger partial charge < -0.3 is 15.0 Å². The number of ether oxygens (including phenoxy) is 1. The highest BCUT2D eigenvalue weighted by atomic mass is 16.5. The molecule has 1 aliphatic rings. The van der Waals surface area contributed by atoms with Crippen LogP contribution in [-0.4, -0.2) is 35.0 Å². The third kappa shape index (κ3) is 3.67. The summed E-state index contributed by atoms with van der Waals surface area (Å²) in [5, 5.41) is 2.73. The summed E-state index contributed by atoms with van der Waals surface area (Å²) in [4.78, 5) is 35.0. The predicted molar refractivity (Wildman–Crippen MR) is 110 cm³/mol. The maximum atomic E-state index is 12.5. The summed E-state index contributed by atoms with van der Waals surface area (Å²) < 4.78 is 4.70. The van der Waals surface area contributed by atoms with Gasteiger partial charge in [0.25, 0.3) is 5.91 Å². The van der Waals surface area contributed by atoms with Crippen LogP contribution in [0.15, 0.2) is 60.9 Å². The molecule has 0 saturated carbocycles. The topological polar surface area (TPSA) is 84.4 Å². The van der Waals surface area contributed by atoms with E-state index < -0.39 is 11.9 Å². The van der Waals surface area contributed by atoms with Gasteiger partial charge in [-0.2, -0.15) is 0 Å². The summed E-state index contributed by atoms with van der Waals surface area (Å²) in [6.07, 6.45) is 4.01. The van der Waals surface area contributed by atoms with Crippen LogP contribution in [0.3, 0.4) is 0 Å². The van der Waals surface area contributed by atoms with E-state index >= 15 is 0 Å². The van der Waals surface area contributed by atoms with Gasteiger partial charge in [0, 0.05) is 17.4 Å². The second kappa shape index (κ2) is 7.71. The van der Waals surface area contributed by atoms with Crippen molar-refractivity contribution >= 4 is 29.1 Å². The molecule has 1 aliphatic heterocycles. The Balaban J connectivity index is 1.51. The van der Waals surface area contributed by atoms with Crippen LogP contribution in [0.5, 0.6) is 0 Å². The van der Waals surface area contributed by atoms with E-state index in [0.717, 1.165) is 12.1 Å². The van der Waals surface area contributed by atoms with Gasteiger partial charge in [0.1, 0.15) is 5.69 Å². The largest absolute Gasteiger partial charge is 0.465 e. The molecule has 3 aromatic rings. The summed E-state index contributed by atoms with van der Waals surface area (Å²) >= 11 is 0. The van der Waals surface area contributed by atoms with E-state index in [1.165, 1.54) is 18.9 Å². The van der Waals surface area contributed by atoms with Gasteiger partial charge in [0.2, 0.25) is 0 Å². The Bertz CT molecular complexity index is 1070. The third-order valence-electron chi connectivity index (χ3n) is 4.87. The molecule has 4 rings (SSSR count). The van der Waals surface area contributed by atoms with Gasteiger partial charge in [-0.15, -0.1) is 0 Å². The van der Waals surface area contributed by atoms with Crippen molar-refractivity contribution in [1.29, 1.82) is 0 Å².